The Labute approximate surface area is 159 Å². The summed E-state index contributed by atoms with van der Waals surface area (Å²) < 4.78 is 6.89. The molecule has 0 atom stereocenters. The van der Waals surface area contributed by atoms with Gasteiger partial charge in [-0.15, -0.1) is 11.3 Å². The van der Waals surface area contributed by atoms with Crippen molar-refractivity contribution in [1.29, 1.82) is 0 Å². The van der Waals surface area contributed by atoms with Crippen LogP contribution in [0.3, 0.4) is 0 Å². The summed E-state index contributed by atoms with van der Waals surface area (Å²) >= 11 is 1.71. The number of methoxy groups -OCH3 is 1. The van der Waals surface area contributed by atoms with E-state index in [1.54, 1.807) is 16.2 Å². The lowest BCUT2D eigenvalue weighted by molar-refractivity contribution is -0.140. The lowest BCUT2D eigenvalue weighted by Gasteiger charge is -2.24. The Kier molecular flexibility index (Phi) is 7.03. The normalized spacial score (nSPS) is 11.0. The van der Waals surface area contributed by atoms with Gasteiger partial charge in [0.25, 0.3) is 5.91 Å². The van der Waals surface area contributed by atoms with Gasteiger partial charge in [0.05, 0.1) is 25.6 Å². The Morgan fingerprint density at radius 1 is 1.31 bits per heavy atom. The fourth-order valence-corrected chi connectivity index (χ4v) is 3.73. The van der Waals surface area contributed by atoms with Crippen LogP contribution in [0.5, 0.6) is 0 Å². The standard InChI is InChI=1S/C20H28N2O3S/c1-14(2)12-21(9-8-19(23)25-5)20(24)18-11-15(3)22(16(18)4)13-17-7-6-10-26-17/h6-7,10-11,14H,8-9,12-13H2,1-5H3. The summed E-state index contributed by atoms with van der Waals surface area (Å²) in [4.78, 5) is 27.7. The molecule has 2 rings (SSSR count). The van der Waals surface area contributed by atoms with Crippen LogP contribution in [-0.4, -0.2) is 41.5 Å². The van der Waals surface area contributed by atoms with Crippen molar-refractivity contribution in [2.75, 3.05) is 20.2 Å². The smallest absolute Gasteiger partial charge is 0.307 e. The monoisotopic (exact) mass is 376 g/mol. The number of amides is 1. The zero-order valence-electron chi connectivity index (χ0n) is 16.2. The number of nitrogens with zero attached hydrogens (tertiary/aromatic N) is 2. The molecule has 0 N–H and O–H groups in total. The summed E-state index contributed by atoms with van der Waals surface area (Å²) in [6.07, 6.45) is 0.211. The van der Waals surface area contributed by atoms with E-state index in [9.17, 15) is 9.59 Å². The van der Waals surface area contributed by atoms with Crippen LogP contribution in [0.15, 0.2) is 23.6 Å². The highest BCUT2D eigenvalue weighted by Gasteiger charge is 2.23. The van der Waals surface area contributed by atoms with Crippen LogP contribution in [0, 0.1) is 19.8 Å². The summed E-state index contributed by atoms with van der Waals surface area (Å²) in [5, 5.41) is 2.06. The lowest BCUT2D eigenvalue weighted by Crippen LogP contribution is -2.36. The van der Waals surface area contributed by atoms with Gasteiger partial charge in [0.15, 0.2) is 0 Å². The van der Waals surface area contributed by atoms with Crippen molar-refractivity contribution in [3.63, 3.8) is 0 Å². The number of carbonyl (C=O) groups excluding carboxylic acids is 2. The van der Waals surface area contributed by atoms with Crippen LogP contribution < -0.4 is 0 Å². The minimum Gasteiger partial charge on any atom is -0.469 e. The fourth-order valence-electron chi connectivity index (χ4n) is 3.03. The number of ether oxygens (including phenoxy) is 1. The second-order valence-electron chi connectivity index (χ2n) is 6.92. The topological polar surface area (TPSA) is 51.5 Å². The third-order valence-electron chi connectivity index (χ3n) is 4.38. The summed E-state index contributed by atoms with van der Waals surface area (Å²) in [5.41, 5.74) is 2.74. The number of carbonyl (C=O) groups is 2. The maximum absolute atomic E-state index is 13.1. The zero-order chi connectivity index (χ0) is 19.3. The molecule has 0 saturated heterocycles. The first-order valence-corrected chi connectivity index (χ1v) is 9.76. The highest BCUT2D eigenvalue weighted by molar-refractivity contribution is 7.09. The molecule has 0 aliphatic rings. The van der Waals surface area contributed by atoms with Crippen molar-refractivity contribution in [2.24, 2.45) is 5.92 Å². The number of hydrogen-bond donors (Lipinski definition) is 0. The van der Waals surface area contributed by atoms with Gasteiger partial charge in [-0.05, 0) is 37.3 Å². The number of esters is 1. The molecule has 0 aliphatic heterocycles. The van der Waals surface area contributed by atoms with Gasteiger partial charge in [-0.1, -0.05) is 19.9 Å². The van der Waals surface area contributed by atoms with E-state index in [1.807, 2.05) is 26.0 Å². The van der Waals surface area contributed by atoms with Gasteiger partial charge >= 0.3 is 5.97 Å². The van der Waals surface area contributed by atoms with E-state index in [1.165, 1.54) is 12.0 Å². The second-order valence-corrected chi connectivity index (χ2v) is 7.95. The largest absolute Gasteiger partial charge is 0.469 e. The lowest BCUT2D eigenvalue weighted by atomic mass is 10.1. The van der Waals surface area contributed by atoms with Gasteiger partial charge in [-0.2, -0.15) is 0 Å². The van der Waals surface area contributed by atoms with Crippen molar-refractivity contribution in [3.8, 4) is 0 Å². The van der Waals surface area contributed by atoms with E-state index in [2.05, 4.69) is 29.9 Å². The average molecular weight is 377 g/mol. The SMILES string of the molecule is COC(=O)CCN(CC(C)C)C(=O)c1cc(C)n(Cc2cccs2)c1C. The van der Waals surface area contributed by atoms with Gasteiger partial charge in [-0.3, -0.25) is 9.59 Å². The van der Waals surface area contributed by atoms with Crippen LogP contribution in [-0.2, 0) is 16.1 Å². The number of thiophene rings is 1. The molecule has 0 saturated carbocycles. The molecular formula is C20H28N2O3S. The van der Waals surface area contributed by atoms with Crippen LogP contribution in [0.4, 0.5) is 0 Å². The van der Waals surface area contributed by atoms with Crippen molar-refractivity contribution in [2.45, 2.75) is 40.7 Å². The third-order valence-corrected chi connectivity index (χ3v) is 5.25. The Morgan fingerprint density at radius 2 is 2.04 bits per heavy atom. The molecule has 0 spiro atoms. The summed E-state index contributed by atoms with van der Waals surface area (Å²) in [6, 6.07) is 6.10. The molecule has 2 aromatic rings. The van der Waals surface area contributed by atoms with E-state index in [0.29, 0.717) is 24.6 Å². The minimum atomic E-state index is -0.297. The van der Waals surface area contributed by atoms with Crippen LogP contribution in [0.1, 0.15) is 46.9 Å². The first-order chi connectivity index (χ1) is 12.3. The molecule has 1 amide bonds. The van der Waals surface area contributed by atoms with Crippen LogP contribution in [0.25, 0.3) is 0 Å². The maximum Gasteiger partial charge on any atom is 0.307 e. The van der Waals surface area contributed by atoms with Crippen molar-refractivity contribution in [3.05, 3.63) is 45.4 Å². The summed E-state index contributed by atoms with van der Waals surface area (Å²) in [7, 11) is 1.37. The van der Waals surface area contributed by atoms with Gasteiger partial charge in [0.2, 0.25) is 0 Å². The highest BCUT2D eigenvalue weighted by atomic mass is 32.1. The van der Waals surface area contributed by atoms with Crippen LogP contribution >= 0.6 is 11.3 Å². The molecule has 6 heteroatoms. The predicted molar refractivity (Wildman–Crippen MR) is 105 cm³/mol. The highest BCUT2D eigenvalue weighted by Crippen LogP contribution is 2.21. The molecule has 2 heterocycles. The number of rotatable bonds is 8. The average Bonchev–Trinajstić information content (AvgIpc) is 3.21. The first-order valence-electron chi connectivity index (χ1n) is 8.88. The molecule has 0 bridgehead atoms. The number of aryl methyl sites for hydroxylation is 1. The molecule has 5 nitrogen and oxygen atoms in total. The zero-order valence-corrected chi connectivity index (χ0v) is 17.1. The second kappa shape index (κ2) is 9.03. The quantitative estimate of drug-likeness (QED) is 0.657. The summed E-state index contributed by atoms with van der Waals surface area (Å²) in [5.74, 6) is 0.00839. The molecule has 0 fully saturated rings. The molecule has 0 radical (unpaired) electrons. The van der Waals surface area contributed by atoms with Gasteiger partial charge in [0, 0.05) is 29.4 Å². The third kappa shape index (κ3) is 4.97. The Hall–Kier alpha value is -2.08. The van der Waals surface area contributed by atoms with Crippen LogP contribution in [0.2, 0.25) is 0 Å². The van der Waals surface area contributed by atoms with E-state index < -0.39 is 0 Å². The molecule has 0 aliphatic carbocycles. The fraction of sp³-hybridized carbons (Fsp3) is 0.500. The minimum absolute atomic E-state index is 0.0202. The molecule has 2 aromatic heterocycles. The van der Waals surface area contributed by atoms with Gasteiger partial charge in [-0.25, -0.2) is 0 Å². The molecule has 142 valence electrons. The van der Waals surface area contributed by atoms with Crippen molar-refractivity contribution < 1.29 is 14.3 Å². The Bertz CT molecular complexity index is 747. The number of hydrogen-bond acceptors (Lipinski definition) is 4. The van der Waals surface area contributed by atoms with Gasteiger partial charge in [0.1, 0.15) is 0 Å². The molecule has 0 unspecified atom stereocenters. The Balaban J connectivity index is 2.22. The summed E-state index contributed by atoms with van der Waals surface area (Å²) in [6.45, 7) is 9.91. The maximum atomic E-state index is 13.1. The van der Waals surface area contributed by atoms with E-state index in [0.717, 1.165) is 17.9 Å². The van der Waals surface area contributed by atoms with E-state index in [-0.39, 0.29) is 18.3 Å². The van der Waals surface area contributed by atoms with E-state index in [4.69, 9.17) is 4.74 Å². The predicted octanol–water partition coefficient (Wildman–Crippen LogP) is 3.88. The van der Waals surface area contributed by atoms with Gasteiger partial charge < -0.3 is 14.2 Å². The Morgan fingerprint density at radius 3 is 2.62 bits per heavy atom. The molecule has 0 aromatic carbocycles. The number of aromatic nitrogens is 1. The van der Waals surface area contributed by atoms with Crippen molar-refractivity contribution >= 4 is 23.2 Å². The van der Waals surface area contributed by atoms with Crippen molar-refractivity contribution in [1.82, 2.24) is 9.47 Å². The molecular weight excluding hydrogens is 348 g/mol. The first kappa shape index (κ1) is 20.2. The molecule has 26 heavy (non-hydrogen) atoms. The van der Waals surface area contributed by atoms with E-state index >= 15 is 0 Å².